The van der Waals surface area contributed by atoms with Crippen molar-refractivity contribution < 1.29 is 23.1 Å². The first kappa shape index (κ1) is 17.7. The fraction of sp³-hybridized carbons (Fsp3) is 0.846. The molecule has 3 N–H and O–H groups in total. The first-order valence-corrected chi connectivity index (χ1v) is 9.30. The van der Waals surface area contributed by atoms with Crippen molar-refractivity contribution in [3.05, 3.63) is 0 Å². The Bertz CT molecular complexity index is 457. The number of amides is 2. The van der Waals surface area contributed by atoms with Gasteiger partial charge in [0.25, 0.3) is 0 Å². The molecule has 0 aromatic rings. The van der Waals surface area contributed by atoms with Crippen LogP contribution >= 0.6 is 0 Å². The summed E-state index contributed by atoms with van der Waals surface area (Å²) < 4.78 is 21.9. The van der Waals surface area contributed by atoms with Gasteiger partial charge < -0.3 is 15.7 Å². The van der Waals surface area contributed by atoms with Crippen molar-refractivity contribution in [1.82, 2.24) is 10.6 Å². The van der Waals surface area contributed by atoms with Gasteiger partial charge in [-0.1, -0.05) is 19.3 Å². The molecule has 1 unspecified atom stereocenters. The lowest BCUT2D eigenvalue weighted by atomic mass is 9.84. The van der Waals surface area contributed by atoms with Crippen LogP contribution in [0.5, 0.6) is 0 Å². The molecule has 0 aromatic heterocycles. The van der Waals surface area contributed by atoms with Gasteiger partial charge in [-0.2, -0.15) is 0 Å². The second-order valence-electron chi connectivity index (χ2n) is 5.60. The number of urea groups is 1. The van der Waals surface area contributed by atoms with Crippen LogP contribution in [0.3, 0.4) is 0 Å². The number of aliphatic carboxylic acids is 1. The first-order valence-electron chi connectivity index (χ1n) is 7.24. The van der Waals surface area contributed by atoms with Crippen LogP contribution in [0, 0.1) is 5.92 Å². The summed E-state index contributed by atoms with van der Waals surface area (Å²) in [5, 5.41) is 14.2. The van der Waals surface area contributed by atoms with Crippen LogP contribution < -0.4 is 10.6 Å². The van der Waals surface area contributed by atoms with Gasteiger partial charge in [0.1, 0.15) is 15.9 Å². The van der Waals surface area contributed by atoms with Crippen LogP contribution in [0.15, 0.2) is 0 Å². The lowest BCUT2D eigenvalue weighted by molar-refractivity contribution is -0.141. The average molecular weight is 320 g/mol. The summed E-state index contributed by atoms with van der Waals surface area (Å²) in [7, 11) is -3.04. The molecule has 0 radical (unpaired) electrons. The summed E-state index contributed by atoms with van der Waals surface area (Å²) >= 11 is 0. The van der Waals surface area contributed by atoms with Crippen LogP contribution in [0.4, 0.5) is 4.79 Å². The van der Waals surface area contributed by atoms with E-state index in [0.29, 0.717) is 6.42 Å². The number of carbonyl (C=O) groups is 2. The molecule has 1 saturated carbocycles. The highest BCUT2D eigenvalue weighted by Crippen LogP contribution is 2.26. The van der Waals surface area contributed by atoms with E-state index in [1.54, 1.807) is 0 Å². The summed E-state index contributed by atoms with van der Waals surface area (Å²) in [6.45, 7) is 0.204. The SMILES string of the molecule is CS(=O)(=O)CCCNC(=O)NC(C(=O)O)C1CCCCC1. The Balaban J connectivity index is 2.37. The molecule has 2 amide bonds. The molecule has 7 nitrogen and oxygen atoms in total. The highest BCUT2D eigenvalue weighted by Gasteiger charge is 2.30. The highest BCUT2D eigenvalue weighted by molar-refractivity contribution is 7.90. The summed E-state index contributed by atoms with van der Waals surface area (Å²) in [6, 6.07) is -1.43. The molecule has 0 spiro atoms. The van der Waals surface area contributed by atoms with E-state index in [2.05, 4.69) is 10.6 Å². The van der Waals surface area contributed by atoms with Crippen LogP contribution in [0.1, 0.15) is 38.5 Å². The van der Waals surface area contributed by atoms with E-state index >= 15 is 0 Å². The standard InChI is InChI=1S/C13H24N2O5S/c1-21(19,20)9-5-8-14-13(18)15-11(12(16)17)10-6-3-2-4-7-10/h10-11H,2-9H2,1H3,(H,16,17)(H2,14,15,18). The monoisotopic (exact) mass is 320 g/mol. The number of nitrogens with one attached hydrogen (secondary N) is 2. The highest BCUT2D eigenvalue weighted by atomic mass is 32.2. The summed E-state index contributed by atoms with van der Waals surface area (Å²) in [6.07, 6.45) is 6.17. The summed E-state index contributed by atoms with van der Waals surface area (Å²) in [5.41, 5.74) is 0. The molecule has 0 aliphatic heterocycles. The minimum absolute atomic E-state index is 0.00172. The fourth-order valence-corrected chi connectivity index (χ4v) is 3.25. The van der Waals surface area contributed by atoms with Gasteiger partial charge in [-0.05, 0) is 25.2 Å². The Morgan fingerprint density at radius 1 is 1.24 bits per heavy atom. The largest absolute Gasteiger partial charge is 0.480 e. The van der Waals surface area contributed by atoms with Gasteiger partial charge in [0.15, 0.2) is 0 Å². The second-order valence-corrected chi connectivity index (χ2v) is 7.86. The minimum atomic E-state index is -3.04. The predicted octanol–water partition coefficient (Wildman–Crippen LogP) is 0.754. The van der Waals surface area contributed by atoms with E-state index in [1.165, 1.54) is 0 Å². The molecule has 21 heavy (non-hydrogen) atoms. The van der Waals surface area contributed by atoms with E-state index in [4.69, 9.17) is 0 Å². The molecule has 0 bridgehead atoms. The number of hydrogen-bond acceptors (Lipinski definition) is 4. The number of hydrogen-bond donors (Lipinski definition) is 3. The molecule has 1 rings (SSSR count). The topological polar surface area (TPSA) is 113 Å². The zero-order valence-electron chi connectivity index (χ0n) is 12.3. The number of carboxylic acid groups (broad SMARTS) is 1. The zero-order chi connectivity index (χ0) is 15.9. The number of carboxylic acids is 1. The van der Waals surface area contributed by atoms with Crippen LogP contribution in [0.2, 0.25) is 0 Å². The summed E-state index contributed by atoms with van der Waals surface area (Å²) in [5.74, 6) is -1.05. The van der Waals surface area contributed by atoms with Crippen molar-refractivity contribution in [3.8, 4) is 0 Å². The van der Waals surface area contributed by atoms with Gasteiger partial charge >= 0.3 is 12.0 Å². The average Bonchev–Trinajstić information content (AvgIpc) is 2.40. The Morgan fingerprint density at radius 3 is 2.38 bits per heavy atom. The van der Waals surface area contributed by atoms with Crippen molar-refractivity contribution in [2.75, 3.05) is 18.6 Å². The summed E-state index contributed by atoms with van der Waals surface area (Å²) in [4.78, 5) is 23.0. The normalized spacial score (nSPS) is 18.0. The quantitative estimate of drug-likeness (QED) is 0.599. The molecule has 122 valence electrons. The number of rotatable bonds is 7. The molecular weight excluding hydrogens is 296 g/mol. The third-order valence-corrected chi connectivity index (χ3v) is 4.68. The number of carbonyl (C=O) groups excluding carboxylic acids is 1. The second kappa shape index (κ2) is 8.21. The molecule has 0 aromatic carbocycles. The third-order valence-electron chi connectivity index (χ3n) is 3.65. The van der Waals surface area contributed by atoms with E-state index < -0.39 is 27.9 Å². The maximum Gasteiger partial charge on any atom is 0.326 e. The van der Waals surface area contributed by atoms with E-state index in [0.717, 1.165) is 38.4 Å². The van der Waals surface area contributed by atoms with Gasteiger partial charge in [-0.15, -0.1) is 0 Å². The Morgan fingerprint density at radius 2 is 1.86 bits per heavy atom. The van der Waals surface area contributed by atoms with Crippen molar-refractivity contribution in [2.45, 2.75) is 44.6 Å². The molecule has 1 fully saturated rings. The molecule has 1 aliphatic carbocycles. The molecule has 1 aliphatic rings. The van der Waals surface area contributed by atoms with Crippen molar-refractivity contribution in [2.24, 2.45) is 5.92 Å². The fourth-order valence-electron chi connectivity index (χ4n) is 2.58. The number of sulfone groups is 1. The first-order chi connectivity index (χ1) is 9.79. The zero-order valence-corrected chi connectivity index (χ0v) is 13.1. The van der Waals surface area contributed by atoms with Crippen molar-refractivity contribution in [1.29, 1.82) is 0 Å². The predicted molar refractivity (Wildman–Crippen MR) is 78.9 cm³/mol. The van der Waals surface area contributed by atoms with Gasteiger partial charge in [0, 0.05) is 12.8 Å². The van der Waals surface area contributed by atoms with Gasteiger partial charge in [-0.3, -0.25) is 0 Å². The van der Waals surface area contributed by atoms with E-state index in [1.807, 2.05) is 0 Å². The van der Waals surface area contributed by atoms with Crippen LogP contribution in [-0.2, 0) is 14.6 Å². The lowest BCUT2D eigenvalue weighted by Gasteiger charge is -2.28. The van der Waals surface area contributed by atoms with Crippen LogP contribution in [-0.4, -0.2) is 50.1 Å². The maximum atomic E-state index is 11.7. The molecule has 8 heteroatoms. The molecule has 0 heterocycles. The maximum absolute atomic E-state index is 11.7. The Labute approximate surface area is 125 Å². The van der Waals surface area contributed by atoms with Crippen LogP contribution in [0.25, 0.3) is 0 Å². The third kappa shape index (κ3) is 7.31. The van der Waals surface area contributed by atoms with E-state index in [9.17, 15) is 23.1 Å². The smallest absolute Gasteiger partial charge is 0.326 e. The van der Waals surface area contributed by atoms with E-state index in [-0.39, 0.29) is 18.2 Å². The van der Waals surface area contributed by atoms with Gasteiger partial charge in [0.05, 0.1) is 5.75 Å². The molecular formula is C13H24N2O5S. The Kier molecular flexibility index (Phi) is 6.94. The minimum Gasteiger partial charge on any atom is -0.480 e. The molecule has 0 saturated heterocycles. The molecule has 1 atom stereocenters. The Hall–Kier alpha value is -1.31. The lowest BCUT2D eigenvalue weighted by Crippen LogP contribution is -2.50. The van der Waals surface area contributed by atoms with Crippen molar-refractivity contribution in [3.63, 3.8) is 0 Å². The van der Waals surface area contributed by atoms with Gasteiger partial charge in [-0.25, -0.2) is 18.0 Å². The van der Waals surface area contributed by atoms with Gasteiger partial charge in [0.2, 0.25) is 0 Å². The van der Waals surface area contributed by atoms with Crippen molar-refractivity contribution >= 4 is 21.8 Å².